The van der Waals surface area contributed by atoms with Gasteiger partial charge in [-0.15, -0.1) is 0 Å². The molecule has 14 heavy (non-hydrogen) atoms. The van der Waals surface area contributed by atoms with Crippen LogP contribution in [0.3, 0.4) is 0 Å². The van der Waals surface area contributed by atoms with Crippen LogP contribution >= 0.6 is 7.75 Å². The maximum absolute atomic E-state index is 11.8. The molecular weight excluding hydrogens is 209 g/mol. The number of nitrogens with zero attached hydrogens (tertiary/aromatic N) is 1. The summed E-state index contributed by atoms with van der Waals surface area (Å²) in [6.07, 6.45) is 0. The number of carbonyl (C=O) groups is 1. The monoisotopic (exact) mass is 223 g/mol. The van der Waals surface area contributed by atoms with Crippen molar-refractivity contribution in [2.45, 2.75) is 19.0 Å². The van der Waals surface area contributed by atoms with Gasteiger partial charge in [0.2, 0.25) is 0 Å². The highest BCUT2D eigenvalue weighted by Gasteiger charge is 2.60. The second-order valence-corrected chi connectivity index (χ2v) is 5.05. The normalized spacial score (nSPS) is 31.3. The van der Waals surface area contributed by atoms with Crippen molar-refractivity contribution in [3.05, 3.63) is 0 Å². The molecule has 6 nitrogen and oxygen atoms in total. The van der Waals surface area contributed by atoms with Crippen molar-refractivity contribution in [1.82, 2.24) is 4.67 Å². The molecule has 0 spiro atoms. The van der Waals surface area contributed by atoms with Gasteiger partial charge in [0.1, 0.15) is 6.04 Å². The zero-order valence-electron chi connectivity index (χ0n) is 8.59. The molecule has 0 amide bonds. The quantitative estimate of drug-likeness (QED) is 0.395. The highest BCUT2D eigenvalue weighted by Crippen LogP contribution is 2.60. The number of methoxy groups -OCH3 is 1. The second-order valence-electron chi connectivity index (χ2n) is 2.92. The molecule has 82 valence electrons. The van der Waals surface area contributed by atoms with E-state index in [9.17, 15) is 9.36 Å². The fraction of sp³-hybridized carbons (Fsp3) is 0.857. The van der Waals surface area contributed by atoms with Crippen molar-refractivity contribution in [1.29, 1.82) is 0 Å². The van der Waals surface area contributed by atoms with Gasteiger partial charge < -0.3 is 4.74 Å². The molecule has 0 aliphatic carbocycles. The third-order valence-corrected chi connectivity index (χ3v) is 4.36. The van der Waals surface area contributed by atoms with Crippen LogP contribution in [0, 0.1) is 0 Å². The first-order valence-corrected chi connectivity index (χ1v) is 5.59. The fourth-order valence-electron chi connectivity index (χ4n) is 1.40. The van der Waals surface area contributed by atoms with E-state index in [2.05, 4.69) is 4.74 Å². The zero-order chi connectivity index (χ0) is 10.9. The zero-order valence-corrected chi connectivity index (χ0v) is 9.48. The maximum Gasteiger partial charge on any atom is 0.408 e. The molecule has 3 unspecified atom stereocenters. The van der Waals surface area contributed by atoms with Gasteiger partial charge in [-0.25, -0.2) is 4.57 Å². The summed E-state index contributed by atoms with van der Waals surface area (Å²) in [5.74, 6) is -0.424. The lowest BCUT2D eigenvalue weighted by atomic mass is 10.3. The largest absolute Gasteiger partial charge is 0.468 e. The third-order valence-electron chi connectivity index (χ3n) is 2.26. The molecule has 1 saturated heterocycles. The Kier molecular flexibility index (Phi) is 3.32. The molecule has 0 N–H and O–H groups in total. The number of rotatable bonds is 4. The molecule has 1 aliphatic rings. The minimum atomic E-state index is -3.29. The summed E-state index contributed by atoms with van der Waals surface area (Å²) in [5, 5.41) is 0. The predicted octanol–water partition coefficient (Wildman–Crippen LogP) is 0.633. The summed E-state index contributed by atoms with van der Waals surface area (Å²) < 4.78 is 27.3. The van der Waals surface area contributed by atoms with Gasteiger partial charge in [-0.05, 0) is 6.92 Å². The second kappa shape index (κ2) is 3.98. The number of esters is 1. The van der Waals surface area contributed by atoms with E-state index < -0.39 is 19.8 Å². The third kappa shape index (κ3) is 1.70. The topological polar surface area (TPSA) is 64.8 Å². The lowest BCUT2D eigenvalue weighted by molar-refractivity contribution is -0.140. The van der Waals surface area contributed by atoms with Crippen LogP contribution in [0.15, 0.2) is 0 Å². The van der Waals surface area contributed by atoms with Crippen molar-refractivity contribution in [3.63, 3.8) is 0 Å². The number of hydrogen-bond acceptors (Lipinski definition) is 5. The van der Waals surface area contributed by atoms with Gasteiger partial charge >= 0.3 is 13.7 Å². The van der Waals surface area contributed by atoms with Crippen LogP contribution in [0.1, 0.15) is 6.92 Å². The molecule has 7 heteroatoms. The van der Waals surface area contributed by atoms with Gasteiger partial charge in [-0.1, -0.05) is 0 Å². The highest BCUT2D eigenvalue weighted by molar-refractivity contribution is 7.51. The van der Waals surface area contributed by atoms with E-state index in [0.717, 1.165) is 0 Å². The first kappa shape index (κ1) is 11.7. The molecule has 3 atom stereocenters. The highest BCUT2D eigenvalue weighted by atomic mass is 31.2. The van der Waals surface area contributed by atoms with E-state index in [1.54, 1.807) is 6.92 Å². The Balaban J connectivity index is 2.74. The van der Waals surface area contributed by atoms with E-state index in [-0.39, 0.29) is 6.04 Å². The average molecular weight is 223 g/mol. The molecule has 1 heterocycles. The molecule has 0 saturated carbocycles. The molecular formula is C7H14NO5P. The van der Waals surface area contributed by atoms with Crippen LogP contribution < -0.4 is 0 Å². The minimum absolute atomic E-state index is 0.173. The van der Waals surface area contributed by atoms with Crippen molar-refractivity contribution in [2.75, 3.05) is 21.3 Å². The Morgan fingerprint density at radius 2 is 1.79 bits per heavy atom. The summed E-state index contributed by atoms with van der Waals surface area (Å²) in [4.78, 5) is 11.2. The molecule has 0 radical (unpaired) electrons. The minimum Gasteiger partial charge on any atom is -0.468 e. The number of hydrogen-bond donors (Lipinski definition) is 0. The van der Waals surface area contributed by atoms with Crippen LogP contribution in [0.2, 0.25) is 0 Å². The summed E-state index contributed by atoms with van der Waals surface area (Å²) in [6.45, 7) is 1.76. The summed E-state index contributed by atoms with van der Waals surface area (Å²) in [5.41, 5.74) is 0. The lowest BCUT2D eigenvalue weighted by Crippen LogP contribution is -2.14. The summed E-state index contributed by atoms with van der Waals surface area (Å²) in [7, 11) is 0.562. The van der Waals surface area contributed by atoms with Gasteiger partial charge in [-0.3, -0.25) is 13.8 Å². The van der Waals surface area contributed by atoms with Crippen molar-refractivity contribution >= 4 is 13.7 Å². The summed E-state index contributed by atoms with van der Waals surface area (Å²) in [6, 6.07) is -0.695. The molecule has 0 bridgehead atoms. The molecule has 0 aromatic carbocycles. The molecule has 0 aromatic rings. The maximum atomic E-state index is 11.8. The number of ether oxygens (including phenoxy) is 1. The first-order chi connectivity index (χ1) is 6.51. The van der Waals surface area contributed by atoms with Crippen LogP contribution in [-0.4, -0.2) is 44.1 Å². The van der Waals surface area contributed by atoms with E-state index in [1.165, 1.54) is 26.0 Å². The van der Waals surface area contributed by atoms with Crippen LogP contribution in [0.5, 0.6) is 0 Å². The fourth-order valence-corrected chi connectivity index (χ4v) is 3.03. The standard InChI is InChI=1S/C7H14NO5P/c1-5-6(7(9)11-2)8(5)14(10,12-3)13-4/h5-6H,1-4H3. The van der Waals surface area contributed by atoms with E-state index in [4.69, 9.17) is 9.05 Å². The Morgan fingerprint density at radius 1 is 1.29 bits per heavy atom. The van der Waals surface area contributed by atoms with Crippen LogP contribution in [0.25, 0.3) is 0 Å². The van der Waals surface area contributed by atoms with Crippen molar-refractivity contribution in [2.24, 2.45) is 0 Å². The SMILES string of the molecule is COC(=O)C1C(C)N1P(=O)(OC)OC. The molecule has 1 fully saturated rings. The Hall–Kier alpha value is -0.420. The van der Waals surface area contributed by atoms with Gasteiger partial charge in [0.25, 0.3) is 0 Å². The predicted molar refractivity (Wildman–Crippen MR) is 48.7 cm³/mol. The lowest BCUT2D eigenvalue weighted by Gasteiger charge is -2.14. The van der Waals surface area contributed by atoms with Crippen molar-refractivity contribution < 1.29 is 23.1 Å². The summed E-state index contributed by atoms with van der Waals surface area (Å²) >= 11 is 0. The van der Waals surface area contributed by atoms with Crippen LogP contribution in [-0.2, 0) is 23.1 Å². The van der Waals surface area contributed by atoms with E-state index in [1.807, 2.05) is 0 Å². The van der Waals surface area contributed by atoms with E-state index >= 15 is 0 Å². The smallest absolute Gasteiger partial charge is 0.408 e. The van der Waals surface area contributed by atoms with Crippen LogP contribution in [0.4, 0.5) is 0 Å². The molecule has 1 rings (SSSR count). The Labute approximate surface area is 82.7 Å². The van der Waals surface area contributed by atoms with Gasteiger partial charge in [0, 0.05) is 20.3 Å². The molecule has 0 aromatic heterocycles. The Bertz CT molecular complexity index is 273. The van der Waals surface area contributed by atoms with Gasteiger partial charge in [0.05, 0.1) is 7.11 Å². The van der Waals surface area contributed by atoms with Gasteiger partial charge in [0.15, 0.2) is 0 Å². The van der Waals surface area contributed by atoms with E-state index in [0.29, 0.717) is 0 Å². The van der Waals surface area contributed by atoms with Gasteiger partial charge in [-0.2, -0.15) is 4.67 Å². The average Bonchev–Trinajstić information content (AvgIpc) is 2.88. The first-order valence-electron chi connectivity index (χ1n) is 4.10. The number of carbonyl (C=O) groups excluding carboxylic acids is 1. The molecule has 1 aliphatic heterocycles. The Morgan fingerprint density at radius 3 is 2.14 bits per heavy atom. The van der Waals surface area contributed by atoms with Crippen molar-refractivity contribution in [3.8, 4) is 0 Å².